The second-order valence-corrected chi connectivity index (χ2v) is 6.24. The van der Waals surface area contributed by atoms with Crippen LogP contribution in [0.2, 0.25) is 0 Å². The topological polar surface area (TPSA) is 52.6 Å². The van der Waals surface area contributed by atoms with Crippen molar-refractivity contribution in [2.24, 2.45) is 17.3 Å². The van der Waals surface area contributed by atoms with Crippen molar-refractivity contribution in [3.05, 3.63) is 23.3 Å². The van der Waals surface area contributed by atoms with Crippen molar-refractivity contribution in [3.63, 3.8) is 0 Å². The number of ether oxygens (including phenoxy) is 2. The highest BCUT2D eigenvalue weighted by molar-refractivity contribution is 6.00. The summed E-state index contributed by atoms with van der Waals surface area (Å²) in [6.07, 6.45) is 7.31. The van der Waals surface area contributed by atoms with Crippen LogP contribution >= 0.6 is 0 Å². The molecule has 21 heavy (non-hydrogen) atoms. The first-order valence-electron chi connectivity index (χ1n) is 7.46. The van der Waals surface area contributed by atoms with Crippen LogP contribution in [0, 0.1) is 17.3 Å². The van der Waals surface area contributed by atoms with Gasteiger partial charge >= 0.3 is 11.9 Å². The summed E-state index contributed by atoms with van der Waals surface area (Å²) in [6.45, 7) is 4.21. The molecule has 0 saturated heterocycles. The third-order valence-electron chi connectivity index (χ3n) is 4.88. The van der Waals surface area contributed by atoms with E-state index in [1.54, 1.807) is 0 Å². The van der Waals surface area contributed by atoms with Crippen LogP contribution in [0.1, 0.15) is 39.5 Å². The Labute approximate surface area is 126 Å². The first-order chi connectivity index (χ1) is 9.96. The van der Waals surface area contributed by atoms with Crippen LogP contribution < -0.4 is 0 Å². The van der Waals surface area contributed by atoms with Crippen LogP contribution in [0.4, 0.5) is 0 Å². The summed E-state index contributed by atoms with van der Waals surface area (Å²) in [7, 11) is 2.66. The standard InChI is InChI=1S/C17H24O4/c1-11(2)13-8-6-5-7-12-9-17(10-14(12)13,15(18)20-3)16(19)21-4/h5,7,12,14H,6,8-10H2,1-4H3/t12-,14+/m1/s1. The maximum atomic E-state index is 12.3. The van der Waals surface area contributed by atoms with Gasteiger partial charge in [0.05, 0.1) is 14.2 Å². The maximum Gasteiger partial charge on any atom is 0.323 e. The van der Waals surface area contributed by atoms with Crippen molar-refractivity contribution in [1.82, 2.24) is 0 Å². The summed E-state index contributed by atoms with van der Waals surface area (Å²) in [5.41, 5.74) is 1.51. The summed E-state index contributed by atoms with van der Waals surface area (Å²) >= 11 is 0. The van der Waals surface area contributed by atoms with E-state index >= 15 is 0 Å². The van der Waals surface area contributed by atoms with Gasteiger partial charge in [-0.2, -0.15) is 0 Å². The molecule has 4 heteroatoms. The van der Waals surface area contributed by atoms with Gasteiger partial charge in [0.25, 0.3) is 0 Å². The molecule has 2 atom stereocenters. The summed E-state index contributed by atoms with van der Waals surface area (Å²) in [4.78, 5) is 24.6. The van der Waals surface area contributed by atoms with Crippen LogP contribution in [0.3, 0.4) is 0 Å². The zero-order valence-electron chi connectivity index (χ0n) is 13.3. The third-order valence-corrected chi connectivity index (χ3v) is 4.88. The lowest BCUT2D eigenvalue weighted by Gasteiger charge is -2.24. The summed E-state index contributed by atoms with van der Waals surface area (Å²) in [5, 5.41) is 0. The van der Waals surface area contributed by atoms with Gasteiger partial charge in [0.1, 0.15) is 0 Å². The highest BCUT2D eigenvalue weighted by atomic mass is 16.5. The van der Waals surface area contributed by atoms with Crippen molar-refractivity contribution >= 4 is 11.9 Å². The molecule has 0 aromatic carbocycles. The summed E-state index contributed by atoms with van der Waals surface area (Å²) in [5.74, 6) is -0.504. The minimum atomic E-state index is -1.15. The molecular weight excluding hydrogens is 268 g/mol. The molecule has 2 rings (SSSR count). The third kappa shape index (κ3) is 2.63. The fourth-order valence-electron chi connectivity index (χ4n) is 3.86. The lowest BCUT2D eigenvalue weighted by atomic mass is 9.82. The van der Waals surface area contributed by atoms with E-state index in [0.29, 0.717) is 12.8 Å². The Morgan fingerprint density at radius 1 is 1.14 bits per heavy atom. The fourth-order valence-corrected chi connectivity index (χ4v) is 3.86. The van der Waals surface area contributed by atoms with E-state index < -0.39 is 17.4 Å². The van der Waals surface area contributed by atoms with Gasteiger partial charge in [-0.05, 0) is 51.4 Å². The Bertz CT molecular complexity index is 481. The Morgan fingerprint density at radius 3 is 2.29 bits per heavy atom. The Morgan fingerprint density at radius 2 is 1.76 bits per heavy atom. The van der Waals surface area contributed by atoms with Crippen LogP contribution in [-0.2, 0) is 19.1 Å². The van der Waals surface area contributed by atoms with Gasteiger partial charge in [0.2, 0.25) is 0 Å². The molecule has 116 valence electrons. The van der Waals surface area contributed by atoms with E-state index in [4.69, 9.17) is 9.47 Å². The molecule has 2 aliphatic rings. The Balaban J connectivity index is 2.44. The first-order valence-corrected chi connectivity index (χ1v) is 7.46. The molecule has 0 aromatic heterocycles. The van der Waals surface area contributed by atoms with Gasteiger partial charge in [-0.1, -0.05) is 23.3 Å². The average molecular weight is 292 g/mol. The molecule has 0 spiro atoms. The number of hydrogen-bond donors (Lipinski definition) is 0. The lowest BCUT2D eigenvalue weighted by molar-refractivity contribution is -0.169. The lowest BCUT2D eigenvalue weighted by Crippen LogP contribution is -2.39. The van der Waals surface area contributed by atoms with Crippen LogP contribution in [-0.4, -0.2) is 26.2 Å². The number of hydrogen-bond acceptors (Lipinski definition) is 4. The van der Waals surface area contributed by atoms with Gasteiger partial charge in [-0.3, -0.25) is 9.59 Å². The monoisotopic (exact) mass is 292 g/mol. The van der Waals surface area contributed by atoms with E-state index in [1.807, 2.05) is 0 Å². The highest BCUT2D eigenvalue weighted by Crippen LogP contribution is 2.52. The smallest absolute Gasteiger partial charge is 0.323 e. The van der Waals surface area contributed by atoms with Crippen molar-refractivity contribution in [2.75, 3.05) is 14.2 Å². The van der Waals surface area contributed by atoms with Gasteiger partial charge in [-0.15, -0.1) is 0 Å². The number of allylic oxidation sites excluding steroid dienone is 4. The quantitative estimate of drug-likeness (QED) is 0.446. The maximum absolute atomic E-state index is 12.3. The first kappa shape index (κ1) is 15.8. The molecule has 4 nitrogen and oxygen atoms in total. The van der Waals surface area contributed by atoms with Gasteiger partial charge in [0, 0.05) is 0 Å². The molecule has 0 heterocycles. The van der Waals surface area contributed by atoms with E-state index in [-0.39, 0.29) is 11.8 Å². The van der Waals surface area contributed by atoms with Gasteiger partial charge < -0.3 is 9.47 Å². The van der Waals surface area contributed by atoms with E-state index in [0.717, 1.165) is 12.8 Å². The molecule has 2 aliphatic carbocycles. The zero-order chi connectivity index (χ0) is 15.6. The summed E-state index contributed by atoms with van der Waals surface area (Å²) < 4.78 is 9.83. The average Bonchev–Trinajstić information content (AvgIpc) is 2.75. The fraction of sp³-hybridized carbons (Fsp3) is 0.647. The predicted molar refractivity (Wildman–Crippen MR) is 79.4 cm³/mol. The van der Waals surface area contributed by atoms with E-state index in [1.165, 1.54) is 25.4 Å². The molecule has 0 amide bonds. The molecule has 0 aromatic rings. The minimum Gasteiger partial charge on any atom is -0.468 e. The molecule has 0 aliphatic heterocycles. The van der Waals surface area contributed by atoms with Crippen LogP contribution in [0.5, 0.6) is 0 Å². The summed E-state index contributed by atoms with van der Waals surface area (Å²) in [6, 6.07) is 0. The number of carbonyl (C=O) groups excluding carboxylic acids is 2. The SMILES string of the molecule is COC(=O)C1(C(=O)OC)C[C@H]2C=CCCC(=C(C)C)[C@H]2C1. The number of rotatable bonds is 2. The van der Waals surface area contributed by atoms with Crippen molar-refractivity contribution < 1.29 is 19.1 Å². The number of methoxy groups -OCH3 is 2. The molecule has 0 unspecified atom stereocenters. The molecular formula is C17H24O4. The van der Waals surface area contributed by atoms with Gasteiger partial charge in [-0.25, -0.2) is 0 Å². The molecule has 0 N–H and O–H groups in total. The van der Waals surface area contributed by atoms with Crippen molar-refractivity contribution in [1.29, 1.82) is 0 Å². The van der Waals surface area contributed by atoms with Crippen LogP contribution in [0.15, 0.2) is 23.3 Å². The largest absolute Gasteiger partial charge is 0.468 e. The normalized spacial score (nSPS) is 26.8. The van der Waals surface area contributed by atoms with Crippen molar-refractivity contribution in [2.45, 2.75) is 39.5 Å². The molecule has 0 bridgehead atoms. The second kappa shape index (κ2) is 6.04. The van der Waals surface area contributed by atoms with E-state index in [2.05, 4.69) is 26.0 Å². The van der Waals surface area contributed by atoms with Gasteiger partial charge in [0.15, 0.2) is 5.41 Å². The van der Waals surface area contributed by atoms with Crippen molar-refractivity contribution in [3.8, 4) is 0 Å². The number of carbonyl (C=O) groups is 2. The van der Waals surface area contributed by atoms with Crippen LogP contribution in [0.25, 0.3) is 0 Å². The Hall–Kier alpha value is -1.58. The number of fused-ring (bicyclic) bond motifs is 1. The van der Waals surface area contributed by atoms with E-state index in [9.17, 15) is 9.59 Å². The molecule has 1 saturated carbocycles. The number of esters is 2. The second-order valence-electron chi connectivity index (χ2n) is 6.24. The minimum absolute atomic E-state index is 0.204. The zero-order valence-corrected chi connectivity index (χ0v) is 13.3. The molecule has 0 radical (unpaired) electrons. The highest BCUT2D eigenvalue weighted by Gasteiger charge is 2.57. The Kier molecular flexibility index (Phi) is 4.55. The predicted octanol–water partition coefficient (Wildman–Crippen LogP) is 3.03. The molecule has 1 fully saturated rings.